The summed E-state index contributed by atoms with van der Waals surface area (Å²) in [5.74, 6) is 0.259. The number of hydrogen-bond acceptors (Lipinski definition) is 5. The second-order valence-electron chi connectivity index (χ2n) is 9.55. The Morgan fingerprint density at radius 1 is 1.19 bits per heavy atom. The number of rotatable bonds is 2. The van der Waals surface area contributed by atoms with Crippen LogP contribution in [0.25, 0.3) is 11.2 Å². The van der Waals surface area contributed by atoms with Crippen LogP contribution in [-0.2, 0) is 4.74 Å². The van der Waals surface area contributed by atoms with Crippen molar-refractivity contribution in [1.82, 2.24) is 19.5 Å². The summed E-state index contributed by atoms with van der Waals surface area (Å²) < 4.78 is 7.77. The van der Waals surface area contributed by atoms with Crippen molar-refractivity contribution in [3.8, 4) is 0 Å². The summed E-state index contributed by atoms with van der Waals surface area (Å²) in [5, 5.41) is 0. The van der Waals surface area contributed by atoms with Gasteiger partial charge in [0, 0.05) is 0 Å². The zero-order valence-corrected chi connectivity index (χ0v) is 16.3. The zero-order valence-electron chi connectivity index (χ0n) is 16.3. The minimum Gasteiger partial charge on any atom is -0.369 e. The molecule has 0 aliphatic carbocycles. The summed E-state index contributed by atoms with van der Waals surface area (Å²) in [7, 11) is 0. The van der Waals surface area contributed by atoms with Crippen LogP contribution in [-0.4, -0.2) is 25.6 Å². The molecule has 3 rings (SSSR count). The van der Waals surface area contributed by atoms with Crippen LogP contribution in [0, 0.1) is 16.7 Å². The van der Waals surface area contributed by atoms with Gasteiger partial charge in [-0.1, -0.05) is 41.5 Å². The fourth-order valence-corrected chi connectivity index (χ4v) is 3.89. The van der Waals surface area contributed by atoms with E-state index in [9.17, 15) is 9.59 Å². The van der Waals surface area contributed by atoms with Gasteiger partial charge in [0.25, 0.3) is 5.56 Å². The van der Waals surface area contributed by atoms with E-state index < -0.39 is 17.5 Å². The van der Waals surface area contributed by atoms with Crippen LogP contribution in [0.15, 0.2) is 9.59 Å². The monoisotopic (exact) mass is 363 g/mol. The van der Waals surface area contributed by atoms with Gasteiger partial charge < -0.3 is 10.5 Å². The highest BCUT2D eigenvalue weighted by Crippen LogP contribution is 2.46. The molecule has 3 atom stereocenters. The van der Waals surface area contributed by atoms with E-state index in [1.165, 1.54) is 4.57 Å². The molecule has 0 amide bonds. The minimum absolute atomic E-state index is 0.0214. The Morgan fingerprint density at radius 2 is 1.85 bits per heavy atom. The maximum Gasteiger partial charge on any atom is 0.329 e. The van der Waals surface area contributed by atoms with Gasteiger partial charge in [-0.25, -0.2) is 9.36 Å². The number of nitrogens with zero attached hydrogens (tertiary/aromatic N) is 2. The molecular weight excluding hydrogens is 334 g/mol. The number of nitrogen functional groups attached to an aromatic ring is 1. The second kappa shape index (κ2) is 5.97. The molecule has 1 unspecified atom stereocenters. The molecule has 26 heavy (non-hydrogen) atoms. The molecule has 1 aliphatic rings. The van der Waals surface area contributed by atoms with E-state index in [2.05, 4.69) is 56.5 Å². The van der Waals surface area contributed by atoms with Crippen molar-refractivity contribution >= 4 is 17.1 Å². The number of H-pyrrole nitrogens is 2. The number of fused-ring (bicyclic) bond motifs is 1. The molecule has 8 nitrogen and oxygen atoms in total. The van der Waals surface area contributed by atoms with Gasteiger partial charge in [0.1, 0.15) is 6.23 Å². The summed E-state index contributed by atoms with van der Waals surface area (Å²) in [5.41, 5.74) is 5.31. The normalized spacial score (nSPS) is 24.5. The van der Waals surface area contributed by atoms with Gasteiger partial charge in [-0.05, 0) is 29.6 Å². The van der Waals surface area contributed by atoms with Crippen molar-refractivity contribution in [2.45, 2.75) is 66.7 Å². The van der Waals surface area contributed by atoms with Crippen LogP contribution < -0.4 is 17.0 Å². The van der Waals surface area contributed by atoms with Crippen LogP contribution in [0.3, 0.4) is 0 Å². The molecule has 0 bridgehead atoms. The van der Waals surface area contributed by atoms with Crippen molar-refractivity contribution < 1.29 is 4.74 Å². The summed E-state index contributed by atoms with van der Waals surface area (Å²) in [6.07, 6.45) is 1.13. The first kappa shape index (κ1) is 18.7. The Labute approximate surface area is 152 Å². The third-order valence-corrected chi connectivity index (χ3v) is 5.05. The summed E-state index contributed by atoms with van der Waals surface area (Å²) in [6, 6.07) is 0. The zero-order chi connectivity index (χ0) is 19.4. The topological polar surface area (TPSA) is 119 Å². The fraction of sp³-hybridized carbons (Fsp3) is 0.722. The van der Waals surface area contributed by atoms with E-state index in [0.29, 0.717) is 6.42 Å². The van der Waals surface area contributed by atoms with Crippen LogP contribution in [0.4, 0.5) is 5.95 Å². The Bertz CT molecular complexity index is 925. The van der Waals surface area contributed by atoms with Crippen molar-refractivity contribution in [2.75, 3.05) is 5.73 Å². The number of nitrogens with one attached hydrogen (secondary N) is 2. The fourth-order valence-electron chi connectivity index (χ4n) is 3.89. The molecule has 0 radical (unpaired) electrons. The van der Waals surface area contributed by atoms with E-state index in [1.807, 2.05) is 0 Å². The summed E-state index contributed by atoms with van der Waals surface area (Å²) in [4.78, 5) is 33.7. The Kier molecular flexibility index (Phi) is 4.29. The molecule has 4 N–H and O–H groups in total. The molecule has 1 saturated heterocycles. The third kappa shape index (κ3) is 3.42. The van der Waals surface area contributed by atoms with Gasteiger partial charge in [-0.15, -0.1) is 0 Å². The molecule has 0 aromatic carbocycles. The van der Waals surface area contributed by atoms with Gasteiger partial charge in [0.15, 0.2) is 11.2 Å². The molecule has 2 aromatic heterocycles. The molecule has 0 spiro atoms. The Hall–Kier alpha value is -2.09. The highest BCUT2D eigenvalue weighted by atomic mass is 16.5. The molecule has 144 valence electrons. The van der Waals surface area contributed by atoms with Crippen molar-refractivity contribution in [2.24, 2.45) is 16.7 Å². The summed E-state index contributed by atoms with van der Waals surface area (Å²) in [6.45, 7) is 13.1. The average Bonchev–Trinajstić information content (AvgIpc) is 2.97. The number of aromatic amines is 2. The second-order valence-corrected chi connectivity index (χ2v) is 9.55. The van der Waals surface area contributed by atoms with Gasteiger partial charge >= 0.3 is 5.69 Å². The number of imidazole rings is 1. The molecule has 0 saturated carbocycles. The highest BCUT2D eigenvalue weighted by Gasteiger charge is 2.44. The van der Waals surface area contributed by atoms with Crippen LogP contribution in [0.1, 0.15) is 60.6 Å². The van der Waals surface area contributed by atoms with E-state index >= 15 is 0 Å². The van der Waals surface area contributed by atoms with E-state index in [1.54, 1.807) is 0 Å². The molecule has 1 fully saturated rings. The highest BCUT2D eigenvalue weighted by molar-refractivity contribution is 5.70. The predicted molar refractivity (Wildman–Crippen MR) is 101 cm³/mol. The maximum atomic E-state index is 12.5. The largest absolute Gasteiger partial charge is 0.369 e. The van der Waals surface area contributed by atoms with Crippen LogP contribution in [0.5, 0.6) is 0 Å². The lowest BCUT2D eigenvalue weighted by Crippen LogP contribution is -2.31. The van der Waals surface area contributed by atoms with E-state index in [0.717, 1.165) is 6.42 Å². The Morgan fingerprint density at radius 3 is 2.42 bits per heavy atom. The lowest BCUT2D eigenvalue weighted by molar-refractivity contribution is -0.0320. The number of ether oxygens (including phenoxy) is 1. The maximum absolute atomic E-state index is 12.5. The SMILES string of the molecule is CC(C)(C)C[C@H]1O[C@@H](n2c(=O)[nH]c3c(=O)[nH]c(N)nc32)CC1C(C)(C)C. The average molecular weight is 363 g/mol. The number of aromatic nitrogens is 4. The lowest BCUT2D eigenvalue weighted by atomic mass is 9.73. The van der Waals surface area contributed by atoms with E-state index in [4.69, 9.17) is 10.5 Å². The lowest BCUT2D eigenvalue weighted by Gasteiger charge is -2.33. The standard InChI is InChI=1S/C18H29N5O3/c1-17(2,3)8-10-9(18(4,5)6)7-11(26-10)23-13-12(20-16(23)25)14(24)22-15(19)21-13/h9-11H,7-8H2,1-6H3,(H,20,25)(H3,19,21,22,24)/t9?,10-,11-/m1/s1. The smallest absolute Gasteiger partial charge is 0.329 e. The number of anilines is 1. The van der Waals surface area contributed by atoms with Crippen LogP contribution in [0.2, 0.25) is 0 Å². The first-order valence-corrected chi connectivity index (χ1v) is 9.02. The molecular formula is C18H29N5O3. The number of hydrogen-bond donors (Lipinski definition) is 3. The number of nitrogens with two attached hydrogens (primary N) is 1. The van der Waals surface area contributed by atoms with Gasteiger partial charge in [0.05, 0.1) is 6.10 Å². The van der Waals surface area contributed by atoms with Crippen LogP contribution >= 0.6 is 0 Å². The van der Waals surface area contributed by atoms with Gasteiger partial charge in [0.2, 0.25) is 5.95 Å². The molecule has 1 aliphatic heterocycles. The first-order valence-electron chi connectivity index (χ1n) is 9.02. The minimum atomic E-state index is -0.471. The van der Waals surface area contributed by atoms with Crippen molar-refractivity contribution in [3.63, 3.8) is 0 Å². The Balaban J connectivity index is 2.06. The molecule has 8 heteroatoms. The van der Waals surface area contributed by atoms with Crippen molar-refractivity contribution in [1.29, 1.82) is 0 Å². The van der Waals surface area contributed by atoms with E-state index in [-0.39, 0.29) is 40.0 Å². The third-order valence-electron chi connectivity index (χ3n) is 5.05. The first-order chi connectivity index (χ1) is 11.9. The molecule has 2 aromatic rings. The summed E-state index contributed by atoms with van der Waals surface area (Å²) >= 11 is 0. The predicted octanol–water partition coefficient (Wildman–Crippen LogP) is 2.38. The van der Waals surface area contributed by atoms with Crippen molar-refractivity contribution in [3.05, 3.63) is 20.8 Å². The molecule has 3 heterocycles. The van der Waals surface area contributed by atoms with Gasteiger partial charge in [-0.2, -0.15) is 4.98 Å². The van der Waals surface area contributed by atoms with Gasteiger partial charge in [-0.3, -0.25) is 14.8 Å². The quantitative estimate of drug-likeness (QED) is 0.757.